The number of fused-ring (bicyclic) bond motifs is 1. The number of nitrogens with zero attached hydrogens (tertiary/aromatic N) is 4. The van der Waals surface area contributed by atoms with Crippen molar-refractivity contribution in [3.63, 3.8) is 0 Å². The summed E-state index contributed by atoms with van der Waals surface area (Å²) in [6, 6.07) is 0. The molecule has 3 aliphatic rings. The van der Waals surface area contributed by atoms with Crippen molar-refractivity contribution in [1.82, 2.24) is 19.4 Å². The van der Waals surface area contributed by atoms with Gasteiger partial charge in [0.2, 0.25) is 5.91 Å². The van der Waals surface area contributed by atoms with Crippen molar-refractivity contribution in [1.29, 1.82) is 0 Å². The van der Waals surface area contributed by atoms with Gasteiger partial charge in [0.1, 0.15) is 5.82 Å². The maximum absolute atomic E-state index is 12.9. The van der Waals surface area contributed by atoms with E-state index in [-0.39, 0.29) is 11.8 Å². The lowest BCUT2D eigenvalue weighted by Gasteiger charge is -2.28. The number of carbonyl (C=O) groups excluding carboxylic acids is 2. The molecule has 1 aromatic heterocycles. The van der Waals surface area contributed by atoms with Crippen molar-refractivity contribution >= 4 is 11.8 Å². The molecule has 132 valence electrons. The third kappa shape index (κ3) is 2.89. The molecule has 1 unspecified atom stereocenters. The average molecular weight is 342 g/mol. The van der Waals surface area contributed by atoms with E-state index in [1.807, 2.05) is 33.6 Å². The van der Waals surface area contributed by atoms with Crippen LogP contribution in [-0.4, -0.2) is 64.0 Å². The van der Waals surface area contributed by atoms with Crippen molar-refractivity contribution in [2.45, 2.75) is 26.0 Å². The van der Waals surface area contributed by atoms with Crippen LogP contribution < -0.4 is 0 Å². The van der Waals surface area contributed by atoms with Crippen LogP contribution in [0.25, 0.3) is 0 Å². The molecule has 1 atom stereocenters. The van der Waals surface area contributed by atoms with Gasteiger partial charge in [0, 0.05) is 45.1 Å². The van der Waals surface area contributed by atoms with Crippen molar-refractivity contribution in [2.24, 2.45) is 0 Å². The summed E-state index contributed by atoms with van der Waals surface area (Å²) in [7, 11) is 0. The van der Waals surface area contributed by atoms with Crippen molar-refractivity contribution < 1.29 is 14.3 Å². The first-order valence-corrected chi connectivity index (χ1v) is 8.74. The summed E-state index contributed by atoms with van der Waals surface area (Å²) >= 11 is 0. The summed E-state index contributed by atoms with van der Waals surface area (Å²) in [5.74, 6) is 0.696. The summed E-state index contributed by atoms with van der Waals surface area (Å²) < 4.78 is 7.67. The first kappa shape index (κ1) is 16.1. The largest absolute Gasteiger partial charge is 0.359 e. The minimum atomic E-state index is -0.617. The lowest BCUT2D eigenvalue weighted by Crippen LogP contribution is -2.40. The number of ether oxygens (including phenoxy) is 1. The van der Waals surface area contributed by atoms with E-state index in [1.165, 1.54) is 11.1 Å². The maximum atomic E-state index is 12.9. The Morgan fingerprint density at radius 3 is 2.68 bits per heavy atom. The Morgan fingerprint density at radius 2 is 1.96 bits per heavy atom. The summed E-state index contributed by atoms with van der Waals surface area (Å²) in [6.07, 6.45) is 7.35. The summed E-state index contributed by atoms with van der Waals surface area (Å²) in [5, 5.41) is 0. The highest BCUT2D eigenvalue weighted by Gasteiger charge is 2.38. The van der Waals surface area contributed by atoms with Crippen molar-refractivity contribution in [2.75, 3.05) is 32.8 Å². The Balaban J connectivity index is 1.39. The number of hydrogen-bond donors (Lipinski definition) is 0. The van der Waals surface area contributed by atoms with E-state index in [9.17, 15) is 9.59 Å². The molecule has 7 heteroatoms. The van der Waals surface area contributed by atoms with Gasteiger partial charge in [0.05, 0.1) is 6.61 Å². The quantitative estimate of drug-likeness (QED) is 0.605. The van der Waals surface area contributed by atoms with E-state index in [2.05, 4.69) is 4.98 Å². The SMILES string of the molecule is CC/C=C/C(=O)N1CC2=C(C1)CN(C(=O)C1OCCn3ccnc31)C2. The molecule has 4 rings (SSSR count). The topological polar surface area (TPSA) is 67.7 Å². The fourth-order valence-corrected chi connectivity index (χ4v) is 3.66. The second-order valence-electron chi connectivity index (χ2n) is 6.64. The monoisotopic (exact) mass is 342 g/mol. The first-order valence-electron chi connectivity index (χ1n) is 8.74. The minimum absolute atomic E-state index is 0.0368. The number of carbonyl (C=O) groups is 2. The number of amides is 2. The van der Waals surface area contributed by atoms with Gasteiger partial charge in [0.25, 0.3) is 5.91 Å². The average Bonchev–Trinajstić information content (AvgIpc) is 3.31. The number of hydrogen-bond acceptors (Lipinski definition) is 4. The van der Waals surface area contributed by atoms with Gasteiger partial charge in [-0.3, -0.25) is 9.59 Å². The molecule has 0 radical (unpaired) electrons. The van der Waals surface area contributed by atoms with Crippen LogP contribution in [0.15, 0.2) is 35.7 Å². The highest BCUT2D eigenvalue weighted by Crippen LogP contribution is 2.30. The molecule has 4 heterocycles. The van der Waals surface area contributed by atoms with Gasteiger partial charge in [-0.15, -0.1) is 0 Å². The zero-order valence-electron chi connectivity index (χ0n) is 14.4. The highest BCUT2D eigenvalue weighted by atomic mass is 16.5. The molecule has 0 fully saturated rings. The van der Waals surface area contributed by atoms with Gasteiger partial charge in [-0.1, -0.05) is 13.0 Å². The van der Waals surface area contributed by atoms with Crippen LogP contribution in [0.4, 0.5) is 0 Å². The van der Waals surface area contributed by atoms with Gasteiger partial charge >= 0.3 is 0 Å². The number of aromatic nitrogens is 2. The molecule has 0 aliphatic carbocycles. The van der Waals surface area contributed by atoms with Crippen LogP contribution in [0.1, 0.15) is 25.3 Å². The third-order valence-electron chi connectivity index (χ3n) is 4.97. The molecule has 0 bridgehead atoms. The van der Waals surface area contributed by atoms with Crippen molar-refractivity contribution in [3.8, 4) is 0 Å². The van der Waals surface area contributed by atoms with Crippen molar-refractivity contribution in [3.05, 3.63) is 41.5 Å². The van der Waals surface area contributed by atoms with E-state index in [0.29, 0.717) is 38.6 Å². The van der Waals surface area contributed by atoms with Crippen LogP contribution in [-0.2, 0) is 20.9 Å². The predicted octanol–water partition coefficient (Wildman–Crippen LogP) is 0.902. The number of rotatable bonds is 3. The van der Waals surface area contributed by atoms with E-state index >= 15 is 0 Å². The molecule has 0 N–H and O–H groups in total. The lowest BCUT2D eigenvalue weighted by atomic mass is 10.2. The fourth-order valence-electron chi connectivity index (χ4n) is 3.66. The van der Waals surface area contributed by atoms with Gasteiger partial charge < -0.3 is 19.1 Å². The smallest absolute Gasteiger partial charge is 0.260 e. The Bertz CT molecular complexity index is 746. The fraction of sp³-hybridized carbons (Fsp3) is 0.500. The highest BCUT2D eigenvalue weighted by molar-refractivity contribution is 5.89. The summed E-state index contributed by atoms with van der Waals surface area (Å²) in [4.78, 5) is 32.9. The minimum Gasteiger partial charge on any atom is -0.359 e. The Labute approximate surface area is 146 Å². The molecule has 0 saturated carbocycles. The van der Waals surface area contributed by atoms with Crippen LogP contribution in [0, 0.1) is 0 Å². The maximum Gasteiger partial charge on any atom is 0.260 e. The van der Waals surface area contributed by atoms with Gasteiger partial charge in [-0.05, 0) is 23.6 Å². The third-order valence-corrected chi connectivity index (χ3v) is 4.97. The van der Waals surface area contributed by atoms with Crippen LogP contribution in [0.5, 0.6) is 0 Å². The summed E-state index contributed by atoms with van der Waals surface area (Å²) in [6.45, 7) is 5.65. The van der Waals surface area contributed by atoms with Gasteiger partial charge in [0.15, 0.2) is 6.10 Å². The Hall–Kier alpha value is -2.41. The van der Waals surface area contributed by atoms with Crippen LogP contribution >= 0.6 is 0 Å². The van der Waals surface area contributed by atoms with Crippen LogP contribution in [0.3, 0.4) is 0 Å². The number of imidazole rings is 1. The molecule has 2 amide bonds. The molecule has 3 aliphatic heterocycles. The Morgan fingerprint density at radius 1 is 1.24 bits per heavy atom. The van der Waals surface area contributed by atoms with E-state index in [1.54, 1.807) is 12.3 Å². The molecular formula is C18H22N4O3. The molecular weight excluding hydrogens is 320 g/mol. The second-order valence-corrected chi connectivity index (χ2v) is 6.64. The molecule has 25 heavy (non-hydrogen) atoms. The standard InChI is InChI=1S/C18H22N4O3/c1-2-3-4-15(23)21-9-13-11-22(12-14(13)10-21)18(24)16-17-19-5-6-20(17)7-8-25-16/h3-6,16H,2,7-12H2,1H3/b4-3+. The number of allylic oxidation sites excluding steroid dienone is 1. The molecule has 0 saturated heterocycles. The summed E-state index contributed by atoms with van der Waals surface area (Å²) in [5.41, 5.74) is 2.37. The normalized spacial score (nSPS) is 22.7. The Kier molecular flexibility index (Phi) is 4.17. The lowest BCUT2D eigenvalue weighted by molar-refractivity contribution is -0.145. The molecule has 7 nitrogen and oxygen atoms in total. The molecule has 0 spiro atoms. The van der Waals surface area contributed by atoms with E-state index in [0.717, 1.165) is 13.0 Å². The predicted molar refractivity (Wildman–Crippen MR) is 90.5 cm³/mol. The van der Waals surface area contributed by atoms with Gasteiger partial charge in [-0.25, -0.2) is 4.98 Å². The second kappa shape index (κ2) is 6.48. The van der Waals surface area contributed by atoms with E-state index < -0.39 is 6.10 Å². The zero-order valence-corrected chi connectivity index (χ0v) is 14.4. The zero-order chi connectivity index (χ0) is 17.4. The molecule has 1 aromatic rings. The molecule has 0 aromatic carbocycles. The van der Waals surface area contributed by atoms with Gasteiger partial charge in [-0.2, -0.15) is 0 Å². The van der Waals surface area contributed by atoms with Crippen LogP contribution in [0.2, 0.25) is 0 Å². The first-order chi connectivity index (χ1) is 12.2. The van der Waals surface area contributed by atoms with E-state index in [4.69, 9.17) is 4.74 Å².